The molecular weight excluding hydrogens is 365 g/mol. The number of nitrogens with zero attached hydrogens (tertiary/aromatic N) is 5. The van der Waals surface area contributed by atoms with Gasteiger partial charge >= 0.3 is 0 Å². The number of hydrogen-bond acceptors (Lipinski definition) is 5. The molecule has 0 unspecified atom stereocenters. The van der Waals surface area contributed by atoms with E-state index in [1.165, 1.54) is 30.9 Å². The van der Waals surface area contributed by atoms with Crippen molar-refractivity contribution >= 4 is 5.95 Å². The van der Waals surface area contributed by atoms with Crippen molar-refractivity contribution in [2.75, 3.05) is 44.7 Å². The maximum atomic E-state index is 13.8. The van der Waals surface area contributed by atoms with Gasteiger partial charge in [-0.15, -0.1) is 0 Å². The number of aromatic nitrogens is 2. The zero-order chi connectivity index (χ0) is 19.8. The van der Waals surface area contributed by atoms with E-state index < -0.39 is 0 Å². The second-order valence-electron chi connectivity index (χ2n) is 9.00. The van der Waals surface area contributed by atoms with Gasteiger partial charge in [0.1, 0.15) is 5.82 Å². The van der Waals surface area contributed by atoms with E-state index in [0.29, 0.717) is 17.9 Å². The summed E-state index contributed by atoms with van der Waals surface area (Å²) in [7, 11) is 2.17. The van der Waals surface area contributed by atoms with Crippen LogP contribution in [0, 0.1) is 17.7 Å². The van der Waals surface area contributed by atoms with Crippen LogP contribution in [0.5, 0.6) is 0 Å². The van der Waals surface area contributed by atoms with Crippen LogP contribution in [0.25, 0.3) is 0 Å². The van der Waals surface area contributed by atoms with Crippen LogP contribution in [0.1, 0.15) is 36.4 Å². The average molecular weight is 396 g/mol. The van der Waals surface area contributed by atoms with E-state index in [9.17, 15) is 4.39 Å². The standard InChI is InChI=1S/C23H30FN5/c1-27-14-19-15-28(16-21(19)22(27)18-6-5-7-20(24)10-18)13-17-11-25-23(26-12-17)29-8-3-2-4-9-29/h5-7,10-12,19,21-22H,2-4,8-9,13-16H2,1H3/t19-,21+,22-/m0/s1. The fourth-order valence-electron chi connectivity index (χ4n) is 5.62. The van der Waals surface area contributed by atoms with Crippen LogP contribution in [0.2, 0.25) is 0 Å². The second-order valence-corrected chi connectivity index (χ2v) is 9.00. The first kappa shape index (κ1) is 18.9. The van der Waals surface area contributed by atoms with Crippen LogP contribution in [-0.2, 0) is 6.54 Å². The SMILES string of the molecule is CN1C[C@H]2CN(Cc3cnc(N4CCCCC4)nc3)C[C@H]2[C@@H]1c1cccc(F)c1. The quantitative estimate of drug-likeness (QED) is 0.793. The van der Waals surface area contributed by atoms with Gasteiger partial charge in [-0.05, 0) is 55.8 Å². The monoisotopic (exact) mass is 395 g/mol. The molecule has 3 fully saturated rings. The Hall–Kier alpha value is -2.05. The molecule has 1 aromatic heterocycles. The van der Waals surface area contributed by atoms with Gasteiger partial charge in [0.2, 0.25) is 5.95 Å². The van der Waals surface area contributed by atoms with Crippen LogP contribution in [0.3, 0.4) is 0 Å². The molecule has 5 nitrogen and oxygen atoms in total. The largest absolute Gasteiger partial charge is 0.341 e. The van der Waals surface area contributed by atoms with Gasteiger partial charge in [-0.1, -0.05) is 12.1 Å². The van der Waals surface area contributed by atoms with Crippen LogP contribution in [0.4, 0.5) is 10.3 Å². The number of fused-ring (bicyclic) bond motifs is 1. The summed E-state index contributed by atoms with van der Waals surface area (Å²) in [4.78, 5) is 16.5. The van der Waals surface area contributed by atoms with Gasteiger partial charge in [0, 0.05) is 63.3 Å². The zero-order valence-corrected chi connectivity index (χ0v) is 17.2. The first-order valence-corrected chi connectivity index (χ1v) is 10.9. The molecule has 0 aliphatic carbocycles. The summed E-state index contributed by atoms with van der Waals surface area (Å²) in [6, 6.07) is 7.45. The molecule has 5 rings (SSSR count). The van der Waals surface area contributed by atoms with Gasteiger partial charge in [0.15, 0.2) is 0 Å². The minimum absolute atomic E-state index is 0.139. The molecular formula is C23H30FN5. The summed E-state index contributed by atoms with van der Waals surface area (Å²) in [5.41, 5.74) is 2.29. The van der Waals surface area contributed by atoms with Crippen molar-refractivity contribution in [3.63, 3.8) is 0 Å². The summed E-state index contributed by atoms with van der Waals surface area (Å²) in [5, 5.41) is 0. The Kier molecular flexibility index (Phi) is 5.22. The Labute approximate surface area is 172 Å². The highest BCUT2D eigenvalue weighted by Gasteiger charge is 2.46. The van der Waals surface area contributed by atoms with Gasteiger partial charge in [0.25, 0.3) is 0 Å². The molecule has 3 aliphatic heterocycles. The average Bonchev–Trinajstić information content (AvgIpc) is 3.24. The van der Waals surface area contributed by atoms with Gasteiger partial charge in [-0.2, -0.15) is 0 Å². The molecule has 0 saturated carbocycles. The smallest absolute Gasteiger partial charge is 0.225 e. The Morgan fingerprint density at radius 1 is 1.03 bits per heavy atom. The predicted octanol–water partition coefficient (Wildman–Crippen LogP) is 3.34. The Bertz CT molecular complexity index is 835. The lowest BCUT2D eigenvalue weighted by molar-refractivity contribution is 0.224. The van der Waals surface area contributed by atoms with Crippen molar-refractivity contribution in [2.45, 2.75) is 31.8 Å². The summed E-state index contributed by atoms with van der Waals surface area (Å²) in [6.07, 6.45) is 7.80. The Morgan fingerprint density at radius 2 is 1.83 bits per heavy atom. The number of hydrogen-bond donors (Lipinski definition) is 0. The van der Waals surface area contributed by atoms with Gasteiger partial charge in [-0.3, -0.25) is 9.80 Å². The minimum atomic E-state index is -0.139. The van der Waals surface area contributed by atoms with Crippen molar-refractivity contribution in [1.29, 1.82) is 0 Å². The molecule has 0 bridgehead atoms. The number of piperidine rings is 1. The van der Waals surface area contributed by atoms with E-state index in [-0.39, 0.29) is 5.82 Å². The summed E-state index contributed by atoms with van der Waals surface area (Å²) in [6.45, 7) is 6.26. The number of likely N-dealkylation sites (tertiary alicyclic amines) is 2. The first-order valence-electron chi connectivity index (χ1n) is 10.9. The lowest BCUT2D eigenvalue weighted by Crippen LogP contribution is -2.31. The molecule has 0 amide bonds. The molecule has 3 saturated heterocycles. The molecule has 6 heteroatoms. The third kappa shape index (κ3) is 3.88. The molecule has 1 aromatic carbocycles. The molecule has 0 radical (unpaired) electrons. The maximum Gasteiger partial charge on any atom is 0.225 e. The molecule has 154 valence electrons. The Balaban J connectivity index is 1.24. The van der Waals surface area contributed by atoms with Crippen LogP contribution in [-0.4, -0.2) is 59.5 Å². The van der Waals surface area contributed by atoms with Gasteiger partial charge in [0.05, 0.1) is 0 Å². The molecule has 0 N–H and O–H groups in total. The van der Waals surface area contributed by atoms with Crippen molar-refractivity contribution < 1.29 is 4.39 Å². The molecule has 29 heavy (non-hydrogen) atoms. The maximum absolute atomic E-state index is 13.8. The normalized spacial score (nSPS) is 28.1. The van der Waals surface area contributed by atoms with Gasteiger partial charge in [-0.25, -0.2) is 14.4 Å². The van der Waals surface area contributed by atoms with E-state index in [1.54, 1.807) is 6.07 Å². The molecule has 0 spiro atoms. The third-order valence-electron chi connectivity index (χ3n) is 6.90. The highest BCUT2D eigenvalue weighted by atomic mass is 19.1. The molecule has 4 heterocycles. The van der Waals surface area contributed by atoms with Crippen molar-refractivity contribution in [2.24, 2.45) is 11.8 Å². The Morgan fingerprint density at radius 3 is 2.59 bits per heavy atom. The lowest BCUT2D eigenvalue weighted by atomic mass is 9.89. The van der Waals surface area contributed by atoms with Crippen LogP contribution < -0.4 is 4.90 Å². The number of halogens is 1. The topological polar surface area (TPSA) is 35.5 Å². The first-order chi connectivity index (χ1) is 14.2. The van der Waals surface area contributed by atoms with E-state index in [0.717, 1.165) is 50.8 Å². The van der Waals surface area contributed by atoms with E-state index in [2.05, 4.69) is 37.8 Å². The summed E-state index contributed by atoms with van der Waals surface area (Å²) >= 11 is 0. The van der Waals surface area contributed by atoms with Crippen LogP contribution in [0.15, 0.2) is 36.7 Å². The third-order valence-corrected chi connectivity index (χ3v) is 6.90. The van der Waals surface area contributed by atoms with Crippen molar-refractivity contribution in [3.8, 4) is 0 Å². The van der Waals surface area contributed by atoms with E-state index >= 15 is 0 Å². The van der Waals surface area contributed by atoms with Crippen molar-refractivity contribution in [3.05, 3.63) is 53.6 Å². The van der Waals surface area contributed by atoms with Crippen molar-refractivity contribution in [1.82, 2.24) is 19.8 Å². The number of rotatable bonds is 4. The lowest BCUT2D eigenvalue weighted by Gasteiger charge is -2.27. The van der Waals surface area contributed by atoms with Crippen LogP contribution >= 0.6 is 0 Å². The summed E-state index contributed by atoms with van der Waals surface area (Å²) < 4.78 is 13.8. The molecule has 2 aromatic rings. The highest BCUT2D eigenvalue weighted by Crippen LogP contribution is 2.44. The highest BCUT2D eigenvalue weighted by molar-refractivity contribution is 5.30. The van der Waals surface area contributed by atoms with E-state index in [4.69, 9.17) is 0 Å². The molecule has 3 atom stereocenters. The number of anilines is 1. The predicted molar refractivity (Wildman–Crippen MR) is 112 cm³/mol. The van der Waals surface area contributed by atoms with E-state index in [1.807, 2.05) is 18.5 Å². The number of benzene rings is 1. The fourth-order valence-corrected chi connectivity index (χ4v) is 5.62. The second kappa shape index (κ2) is 8.00. The molecule has 3 aliphatic rings. The minimum Gasteiger partial charge on any atom is -0.341 e. The van der Waals surface area contributed by atoms with Gasteiger partial charge < -0.3 is 4.90 Å². The fraction of sp³-hybridized carbons (Fsp3) is 0.565. The summed E-state index contributed by atoms with van der Waals surface area (Å²) in [5.74, 6) is 1.93. The zero-order valence-electron chi connectivity index (χ0n) is 17.2.